The summed E-state index contributed by atoms with van der Waals surface area (Å²) in [6.07, 6.45) is 1.58. The van der Waals surface area contributed by atoms with Gasteiger partial charge in [0.2, 0.25) is 5.91 Å². The molecule has 2 heterocycles. The molecule has 2 aromatic rings. The standard InChI is InChI=1S/C15H12BrN3O2S/c1-15(14(21)19-12-7-6-9(16)8-17-12)13(20)18-10-4-2-3-5-11(10)22-15/h2-8H,1H3,(H,18,20)(H,17,19,21). The van der Waals surface area contributed by atoms with Gasteiger partial charge in [0.1, 0.15) is 5.82 Å². The first-order chi connectivity index (χ1) is 10.5. The zero-order valence-corrected chi connectivity index (χ0v) is 14.0. The van der Waals surface area contributed by atoms with Crippen LogP contribution in [0.3, 0.4) is 0 Å². The van der Waals surface area contributed by atoms with Crippen molar-refractivity contribution in [3.05, 3.63) is 47.1 Å². The van der Waals surface area contributed by atoms with Crippen LogP contribution in [0, 0.1) is 0 Å². The molecule has 0 aliphatic carbocycles. The molecule has 1 aromatic carbocycles. The maximum atomic E-state index is 12.5. The largest absolute Gasteiger partial charge is 0.323 e. The average Bonchev–Trinajstić information content (AvgIpc) is 2.50. The Morgan fingerprint density at radius 3 is 2.82 bits per heavy atom. The molecule has 1 atom stereocenters. The maximum Gasteiger partial charge on any atom is 0.251 e. The number of aromatic nitrogens is 1. The van der Waals surface area contributed by atoms with Gasteiger partial charge in [-0.05, 0) is 47.1 Å². The molecule has 0 bridgehead atoms. The van der Waals surface area contributed by atoms with Gasteiger partial charge >= 0.3 is 0 Å². The average molecular weight is 378 g/mol. The summed E-state index contributed by atoms with van der Waals surface area (Å²) < 4.78 is -0.432. The Kier molecular flexibility index (Phi) is 3.92. The summed E-state index contributed by atoms with van der Waals surface area (Å²) in [4.78, 5) is 29.9. The summed E-state index contributed by atoms with van der Waals surface area (Å²) in [5, 5.41) is 5.47. The van der Waals surface area contributed by atoms with Gasteiger partial charge in [0.05, 0.1) is 5.69 Å². The van der Waals surface area contributed by atoms with Crippen LogP contribution >= 0.6 is 27.7 Å². The van der Waals surface area contributed by atoms with E-state index in [1.807, 2.05) is 24.3 Å². The smallest absolute Gasteiger partial charge is 0.251 e. The van der Waals surface area contributed by atoms with Crippen LogP contribution in [0.1, 0.15) is 6.92 Å². The van der Waals surface area contributed by atoms with Crippen LogP contribution in [0.15, 0.2) is 52.0 Å². The van der Waals surface area contributed by atoms with Crippen molar-refractivity contribution in [1.29, 1.82) is 0 Å². The molecule has 5 nitrogen and oxygen atoms in total. The lowest BCUT2D eigenvalue weighted by Gasteiger charge is -2.31. The third-order valence-electron chi connectivity index (χ3n) is 3.28. The minimum Gasteiger partial charge on any atom is -0.323 e. The summed E-state index contributed by atoms with van der Waals surface area (Å²) in [6, 6.07) is 10.8. The molecular formula is C15H12BrN3O2S. The Labute approximate surface area is 140 Å². The van der Waals surface area contributed by atoms with Crippen molar-refractivity contribution in [2.45, 2.75) is 16.6 Å². The molecule has 22 heavy (non-hydrogen) atoms. The number of rotatable bonds is 2. The number of carbonyl (C=O) groups excluding carboxylic acids is 2. The lowest BCUT2D eigenvalue weighted by Crippen LogP contribution is -2.49. The SMILES string of the molecule is CC1(C(=O)Nc2ccc(Br)cn2)Sc2ccccc2NC1=O. The number of hydrogen-bond acceptors (Lipinski definition) is 4. The van der Waals surface area contributed by atoms with Crippen molar-refractivity contribution in [2.75, 3.05) is 10.6 Å². The number of fused-ring (bicyclic) bond motifs is 1. The molecule has 0 spiro atoms. The fourth-order valence-electron chi connectivity index (χ4n) is 2.00. The molecule has 0 saturated carbocycles. The van der Waals surface area contributed by atoms with Gasteiger partial charge in [0.25, 0.3) is 5.91 Å². The molecule has 1 aromatic heterocycles. The van der Waals surface area contributed by atoms with Crippen LogP contribution in [0.5, 0.6) is 0 Å². The second-order valence-corrected chi connectivity index (χ2v) is 7.28. The van der Waals surface area contributed by atoms with Gasteiger partial charge in [-0.1, -0.05) is 23.9 Å². The van der Waals surface area contributed by atoms with Gasteiger partial charge in [0, 0.05) is 15.6 Å². The number of para-hydroxylation sites is 1. The number of halogens is 1. The lowest BCUT2D eigenvalue weighted by atomic mass is 10.1. The number of thioether (sulfide) groups is 1. The fourth-order valence-corrected chi connectivity index (χ4v) is 3.34. The van der Waals surface area contributed by atoms with Crippen molar-refractivity contribution < 1.29 is 9.59 Å². The van der Waals surface area contributed by atoms with E-state index in [9.17, 15) is 9.59 Å². The minimum absolute atomic E-state index is 0.342. The fraction of sp³-hybridized carbons (Fsp3) is 0.133. The highest BCUT2D eigenvalue weighted by Gasteiger charge is 2.45. The van der Waals surface area contributed by atoms with E-state index in [4.69, 9.17) is 0 Å². The zero-order chi connectivity index (χ0) is 15.7. The molecule has 1 unspecified atom stereocenters. The van der Waals surface area contributed by atoms with Crippen LogP contribution in [-0.4, -0.2) is 21.5 Å². The van der Waals surface area contributed by atoms with Crippen LogP contribution in [-0.2, 0) is 9.59 Å². The Balaban J connectivity index is 1.85. The van der Waals surface area contributed by atoms with Gasteiger partial charge in [-0.15, -0.1) is 0 Å². The van der Waals surface area contributed by atoms with Crippen LogP contribution in [0.2, 0.25) is 0 Å². The van der Waals surface area contributed by atoms with Crippen molar-refractivity contribution in [3.8, 4) is 0 Å². The van der Waals surface area contributed by atoms with Gasteiger partial charge in [0.15, 0.2) is 4.75 Å². The third kappa shape index (κ3) is 2.74. The first kappa shape index (κ1) is 15.1. The van der Waals surface area contributed by atoms with Crippen molar-refractivity contribution >= 4 is 51.0 Å². The number of amides is 2. The molecule has 3 rings (SSSR count). The van der Waals surface area contributed by atoms with Crippen molar-refractivity contribution in [1.82, 2.24) is 4.98 Å². The summed E-state index contributed by atoms with van der Waals surface area (Å²) >= 11 is 4.52. The molecular weight excluding hydrogens is 366 g/mol. The highest BCUT2D eigenvalue weighted by Crippen LogP contribution is 2.42. The maximum absolute atomic E-state index is 12.5. The second kappa shape index (κ2) is 5.73. The first-order valence-electron chi connectivity index (χ1n) is 6.51. The molecule has 0 radical (unpaired) electrons. The Morgan fingerprint density at radius 2 is 2.09 bits per heavy atom. The molecule has 0 saturated heterocycles. The molecule has 2 amide bonds. The van der Waals surface area contributed by atoms with Crippen LogP contribution in [0.4, 0.5) is 11.5 Å². The Bertz CT molecular complexity index is 751. The van der Waals surface area contributed by atoms with E-state index in [0.29, 0.717) is 5.82 Å². The monoisotopic (exact) mass is 377 g/mol. The van der Waals surface area contributed by atoms with Gasteiger partial charge in [-0.25, -0.2) is 4.98 Å². The highest BCUT2D eigenvalue weighted by atomic mass is 79.9. The van der Waals surface area contributed by atoms with Gasteiger partial charge in [-0.2, -0.15) is 0 Å². The number of carbonyl (C=O) groups is 2. The summed E-state index contributed by atoms with van der Waals surface area (Å²) in [6.45, 7) is 1.61. The van der Waals surface area contributed by atoms with Crippen LogP contribution < -0.4 is 10.6 Å². The lowest BCUT2D eigenvalue weighted by molar-refractivity contribution is -0.126. The molecule has 1 aliphatic rings. The number of benzene rings is 1. The summed E-state index contributed by atoms with van der Waals surface area (Å²) in [5.74, 6) is -0.341. The predicted molar refractivity (Wildman–Crippen MR) is 89.9 cm³/mol. The van der Waals surface area contributed by atoms with E-state index < -0.39 is 10.7 Å². The first-order valence-corrected chi connectivity index (χ1v) is 8.12. The number of nitrogens with zero attached hydrogens (tertiary/aromatic N) is 1. The zero-order valence-electron chi connectivity index (χ0n) is 11.6. The van der Waals surface area contributed by atoms with Crippen molar-refractivity contribution in [3.63, 3.8) is 0 Å². The topological polar surface area (TPSA) is 71.1 Å². The number of anilines is 2. The van der Waals surface area contributed by atoms with E-state index in [1.54, 1.807) is 25.3 Å². The molecule has 7 heteroatoms. The van der Waals surface area contributed by atoms with E-state index in [-0.39, 0.29) is 5.91 Å². The van der Waals surface area contributed by atoms with Crippen LogP contribution in [0.25, 0.3) is 0 Å². The predicted octanol–water partition coefficient (Wildman–Crippen LogP) is 3.29. The van der Waals surface area contributed by atoms with Gasteiger partial charge < -0.3 is 10.6 Å². The summed E-state index contributed by atoms with van der Waals surface area (Å²) in [7, 11) is 0. The van der Waals surface area contributed by atoms with E-state index in [2.05, 4.69) is 31.5 Å². The summed E-state index contributed by atoms with van der Waals surface area (Å²) in [5.41, 5.74) is 0.726. The molecule has 0 fully saturated rings. The number of nitrogens with one attached hydrogen (secondary N) is 2. The molecule has 1 aliphatic heterocycles. The number of pyridine rings is 1. The van der Waals surface area contributed by atoms with E-state index in [1.165, 1.54) is 11.8 Å². The minimum atomic E-state index is -1.25. The molecule has 112 valence electrons. The highest BCUT2D eigenvalue weighted by molar-refractivity contribution is 9.10. The third-order valence-corrected chi connectivity index (χ3v) is 5.11. The number of hydrogen-bond donors (Lipinski definition) is 2. The van der Waals surface area contributed by atoms with Gasteiger partial charge in [-0.3, -0.25) is 9.59 Å². The Morgan fingerprint density at radius 1 is 1.32 bits per heavy atom. The molecule has 2 N–H and O–H groups in total. The quantitative estimate of drug-likeness (QED) is 0.787. The second-order valence-electron chi connectivity index (χ2n) is 4.90. The Hall–Kier alpha value is -1.86. The van der Waals surface area contributed by atoms with E-state index >= 15 is 0 Å². The normalized spacial score (nSPS) is 20.0. The van der Waals surface area contributed by atoms with Crippen molar-refractivity contribution in [2.24, 2.45) is 0 Å². The van der Waals surface area contributed by atoms with E-state index in [0.717, 1.165) is 15.1 Å².